The molecule has 0 atom stereocenters. The molecule has 7 nitrogen and oxygen atoms in total. The van der Waals surface area contributed by atoms with Gasteiger partial charge in [0.2, 0.25) is 11.5 Å². The summed E-state index contributed by atoms with van der Waals surface area (Å²) in [7, 11) is 1.67. The number of carbonyl (C=O) groups is 1. The van der Waals surface area contributed by atoms with Gasteiger partial charge in [0.25, 0.3) is 5.56 Å². The molecule has 0 unspecified atom stereocenters. The summed E-state index contributed by atoms with van der Waals surface area (Å²) in [5.41, 5.74) is 1.60. The molecule has 2 aromatic heterocycles. The molecular weight excluding hydrogens is 430 g/mol. The second kappa shape index (κ2) is 8.86. The molecule has 5 rings (SSSR count). The Balaban J connectivity index is 1.63. The van der Waals surface area contributed by atoms with Crippen LogP contribution in [0.2, 0.25) is 0 Å². The molecular formula is C27H23N3O4. The molecule has 0 aliphatic heterocycles. The maximum absolute atomic E-state index is 13.6. The van der Waals surface area contributed by atoms with Gasteiger partial charge < -0.3 is 9.32 Å². The number of carbonyl (C=O) groups excluding carboxylic acids is 1. The van der Waals surface area contributed by atoms with E-state index in [-0.39, 0.29) is 24.6 Å². The predicted molar refractivity (Wildman–Crippen MR) is 132 cm³/mol. The maximum atomic E-state index is 13.6. The van der Waals surface area contributed by atoms with Crippen LogP contribution in [-0.2, 0) is 24.3 Å². The Morgan fingerprint density at radius 2 is 1.50 bits per heavy atom. The molecule has 0 radical (unpaired) electrons. The Labute approximate surface area is 195 Å². The minimum atomic E-state index is -0.533. The molecule has 7 heteroatoms. The molecule has 3 aromatic carbocycles. The van der Waals surface area contributed by atoms with Crippen molar-refractivity contribution in [3.63, 3.8) is 0 Å². The highest BCUT2D eigenvalue weighted by molar-refractivity contribution is 6.03. The van der Waals surface area contributed by atoms with Crippen LogP contribution in [0.5, 0.6) is 0 Å². The summed E-state index contributed by atoms with van der Waals surface area (Å²) in [5.74, 6) is -0.284. The topological polar surface area (TPSA) is 77.5 Å². The first-order valence-corrected chi connectivity index (χ1v) is 11.0. The van der Waals surface area contributed by atoms with E-state index in [1.54, 1.807) is 25.2 Å². The number of nitrogens with zero attached hydrogens (tertiary/aromatic N) is 3. The number of benzene rings is 3. The Kier molecular flexibility index (Phi) is 5.59. The highest BCUT2D eigenvalue weighted by Crippen LogP contribution is 2.25. The zero-order valence-electron chi connectivity index (χ0n) is 18.7. The summed E-state index contributed by atoms with van der Waals surface area (Å²) in [4.78, 5) is 41.6. The van der Waals surface area contributed by atoms with E-state index >= 15 is 0 Å². The zero-order chi connectivity index (χ0) is 23.7. The Bertz CT molecular complexity index is 1600. The first-order chi connectivity index (χ1) is 16.5. The van der Waals surface area contributed by atoms with Crippen LogP contribution >= 0.6 is 0 Å². The van der Waals surface area contributed by atoms with Crippen molar-refractivity contribution in [2.75, 3.05) is 11.9 Å². The Morgan fingerprint density at radius 1 is 0.853 bits per heavy atom. The molecule has 0 bridgehead atoms. The number of para-hydroxylation sites is 2. The fourth-order valence-corrected chi connectivity index (χ4v) is 4.16. The van der Waals surface area contributed by atoms with Crippen LogP contribution in [0.3, 0.4) is 0 Å². The molecule has 0 N–H and O–H groups in total. The van der Waals surface area contributed by atoms with Crippen molar-refractivity contribution < 1.29 is 9.21 Å². The number of likely N-dealkylation sites (N-methyl/N-ethyl adjacent to an activating group) is 1. The van der Waals surface area contributed by atoms with Crippen molar-refractivity contribution in [3.05, 3.63) is 111 Å². The SMILES string of the molecule is CN(C(=O)Cn1c(=O)n(CCc2ccccc2)c(=O)c2oc3ccccc3c21)c1ccccc1. The van der Waals surface area contributed by atoms with Gasteiger partial charge in [-0.05, 0) is 36.2 Å². The van der Waals surface area contributed by atoms with Gasteiger partial charge in [-0.1, -0.05) is 60.7 Å². The number of fused-ring (bicyclic) bond motifs is 3. The first kappa shape index (κ1) is 21.5. The third-order valence-corrected chi connectivity index (χ3v) is 6.02. The summed E-state index contributed by atoms with van der Waals surface area (Å²) in [5, 5.41) is 0.622. The molecule has 5 aromatic rings. The van der Waals surface area contributed by atoms with Crippen molar-refractivity contribution in [2.24, 2.45) is 0 Å². The van der Waals surface area contributed by atoms with E-state index in [9.17, 15) is 14.4 Å². The monoisotopic (exact) mass is 453 g/mol. The number of rotatable bonds is 6. The summed E-state index contributed by atoms with van der Waals surface area (Å²) in [6.07, 6.45) is 0.500. The number of aryl methyl sites for hydroxylation is 1. The smallest absolute Gasteiger partial charge is 0.332 e. The second-order valence-corrected chi connectivity index (χ2v) is 8.13. The fraction of sp³-hybridized carbons (Fsp3) is 0.148. The number of amides is 1. The van der Waals surface area contributed by atoms with Crippen LogP contribution in [0, 0.1) is 0 Å². The van der Waals surface area contributed by atoms with E-state index < -0.39 is 11.2 Å². The van der Waals surface area contributed by atoms with Gasteiger partial charge in [-0.25, -0.2) is 4.79 Å². The number of furan rings is 1. The molecule has 0 spiro atoms. The fourth-order valence-electron chi connectivity index (χ4n) is 4.16. The average molecular weight is 453 g/mol. The van der Waals surface area contributed by atoms with Gasteiger partial charge in [0, 0.05) is 24.7 Å². The normalized spacial score (nSPS) is 11.2. The van der Waals surface area contributed by atoms with Crippen LogP contribution in [0.15, 0.2) is 98.9 Å². The van der Waals surface area contributed by atoms with Crippen LogP contribution in [0.4, 0.5) is 5.69 Å². The average Bonchev–Trinajstić information content (AvgIpc) is 3.27. The van der Waals surface area contributed by atoms with E-state index in [1.807, 2.05) is 66.7 Å². The standard InChI is InChI=1S/C27H23N3O4/c1-28(20-12-6-3-7-13-20)23(31)18-30-24-21-14-8-9-15-22(21)34-25(24)26(32)29(27(30)33)17-16-19-10-4-2-5-11-19/h2-15H,16-18H2,1H3. The van der Waals surface area contributed by atoms with Crippen LogP contribution < -0.4 is 16.1 Å². The van der Waals surface area contributed by atoms with Crippen LogP contribution in [-0.4, -0.2) is 22.1 Å². The number of hydrogen-bond acceptors (Lipinski definition) is 4. The van der Waals surface area contributed by atoms with Crippen molar-refractivity contribution in [1.82, 2.24) is 9.13 Å². The summed E-state index contributed by atoms with van der Waals surface area (Å²) in [6.45, 7) is -0.0484. The first-order valence-electron chi connectivity index (χ1n) is 11.0. The lowest BCUT2D eigenvalue weighted by atomic mass is 10.1. The minimum Gasteiger partial charge on any atom is -0.449 e. The minimum absolute atomic E-state index is 0.0732. The van der Waals surface area contributed by atoms with Gasteiger partial charge in [0.1, 0.15) is 17.6 Å². The molecule has 0 fully saturated rings. The van der Waals surface area contributed by atoms with E-state index in [4.69, 9.17) is 4.42 Å². The van der Waals surface area contributed by atoms with Gasteiger partial charge in [-0.2, -0.15) is 0 Å². The summed E-state index contributed by atoms with van der Waals surface area (Å²) < 4.78 is 8.40. The van der Waals surface area contributed by atoms with E-state index in [0.717, 1.165) is 10.1 Å². The van der Waals surface area contributed by atoms with E-state index in [2.05, 4.69) is 0 Å². The lowest BCUT2D eigenvalue weighted by molar-refractivity contribution is -0.118. The van der Waals surface area contributed by atoms with E-state index in [1.165, 1.54) is 9.47 Å². The third kappa shape index (κ3) is 3.81. The molecule has 170 valence electrons. The largest absolute Gasteiger partial charge is 0.449 e. The lowest BCUT2D eigenvalue weighted by Crippen LogP contribution is -2.43. The molecule has 0 saturated carbocycles. The van der Waals surface area contributed by atoms with Crippen molar-refractivity contribution in [3.8, 4) is 0 Å². The molecule has 34 heavy (non-hydrogen) atoms. The van der Waals surface area contributed by atoms with Gasteiger partial charge in [0.05, 0.1) is 0 Å². The van der Waals surface area contributed by atoms with Crippen molar-refractivity contribution in [2.45, 2.75) is 19.5 Å². The van der Waals surface area contributed by atoms with E-state index in [0.29, 0.717) is 28.6 Å². The Hall–Kier alpha value is -4.39. The molecule has 2 heterocycles. The molecule has 0 aliphatic carbocycles. The molecule has 0 aliphatic rings. The highest BCUT2D eigenvalue weighted by atomic mass is 16.3. The summed E-state index contributed by atoms with van der Waals surface area (Å²) in [6, 6.07) is 26.0. The second-order valence-electron chi connectivity index (χ2n) is 8.13. The number of aromatic nitrogens is 2. The number of anilines is 1. The third-order valence-electron chi connectivity index (χ3n) is 6.02. The summed E-state index contributed by atoms with van der Waals surface area (Å²) >= 11 is 0. The van der Waals surface area contributed by atoms with Gasteiger partial charge in [0.15, 0.2) is 0 Å². The van der Waals surface area contributed by atoms with Crippen LogP contribution in [0.1, 0.15) is 5.56 Å². The zero-order valence-corrected chi connectivity index (χ0v) is 18.7. The molecule has 0 saturated heterocycles. The quantitative estimate of drug-likeness (QED) is 0.392. The van der Waals surface area contributed by atoms with Crippen LogP contribution in [0.25, 0.3) is 22.1 Å². The number of hydrogen-bond donors (Lipinski definition) is 0. The maximum Gasteiger partial charge on any atom is 0.332 e. The van der Waals surface area contributed by atoms with Gasteiger partial charge in [-0.3, -0.25) is 18.7 Å². The van der Waals surface area contributed by atoms with Gasteiger partial charge >= 0.3 is 5.69 Å². The van der Waals surface area contributed by atoms with Gasteiger partial charge in [-0.15, -0.1) is 0 Å². The van der Waals surface area contributed by atoms with Crippen molar-refractivity contribution in [1.29, 1.82) is 0 Å². The Morgan fingerprint density at radius 3 is 2.24 bits per heavy atom. The predicted octanol–water partition coefficient (Wildman–Crippen LogP) is 3.82. The molecule has 1 amide bonds. The van der Waals surface area contributed by atoms with Crippen molar-refractivity contribution >= 4 is 33.7 Å². The highest BCUT2D eigenvalue weighted by Gasteiger charge is 2.22. The lowest BCUT2D eigenvalue weighted by Gasteiger charge is -2.19.